The van der Waals surface area contributed by atoms with Gasteiger partial charge in [-0.25, -0.2) is 0 Å². The van der Waals surface area contributed by atoms with Crippen LogP contribution in [0, 0.1) is 45.3 Å². The molecule has 2 N–H and O–H groups in total. The summed E-state index contributed by atoms with van der Waals surface area (Å²) in [5, 5.41) is 20.8. The number of hydrogen-bond acceptors (Lipinski definition) is 5. The van der Waals surface area contributed by atoms with Gasteiger partial charge in [0, 0.05) is 29.6 Å². The SMILES string of the molecule is CC1(C)C(=O)C=C[C@@]2(C)C1C[C@@H](O)[C@]1(C)C2CC[C@]2(C)C1C(=O)C[C@H]2CC(=O)CO. The highest BCUT2D eigenvalue weighted by molar-refractivity contribution is 5.96. The van der Waals surface area contributed by atoms with E-state index in [0.717, 1.165) is 12.8 Å². The zero-order chi connectivity index (χ0) is 22.3. The second-order valence-electron chi connectivity index (χ2n) is 11.8. The summed E-state index contributed by atoms with van der Waals surface area (Å²) < 4.78 is 0. The van der Waals surface area contributed by atoms with E-state index >= 15 is 0 Å². The molecule has 3 unspecified atom stereocenters. The Morgan fingerprint density at radius 1 is 1.13 bits per heavy atom. The molecule has 0 radical (unpaired) electrons. The van der Waals surface area contributed by atoms with Crippen LogP contribution in [0.2, 0.25) is 0 Å². The number of allylic oxidation sites excluding steroid dienone is 2. The summed E-state index contributed by atoms with van der Waals surface area (Å²) in [6.07, 6.45) is 5.89. The lowest BCUT2D eigenvalue weighted by atomic mass is 9.37. The van der Waals surface area contributed by atoms with Crippen LogP contribution in [-0.4, -0.2) is 40.3 Å². The molecule has 0 aliphatic heterocycles. The number of aliphatic hydroxyl groups excluding tert-OH is 2. The highest BCUT2D eigenvalue weighted by Crippen LogP contribution is 2.72. The fourth-order valence-electron chi connectivity index (χ4n) is 8.54. The first-order valence-corrected chi connectivity index (χ1v) is 11.4. The van der Waals surface area contributed by atoms with Crippen LogP contribution in [0.4, 0.5) is 0 Å². The number of carbonyl (C=O) groups is 3. The maximum atomic E-state index is 13.4. The van der Waals surface area contributed by atoms with Gasteiger partial charge in [-0.05, 0) is 53.9 Å². The van der Waals surface area contributed by atoms with Crippen LogP contribution < -0.4 is 0 Å². The van der Waals surface area contributed by atoms with E-state index in [1.54, 1.807) is 6.08 Å². The third-order valence-corrected chi connectivity index (χ3v) is 10.1. The molecule has 30 heavy (non-hydrogen) atoms. The third kappa shape index (κ3) is 2.57. The molecule has 0 heterocycles. The molecule has 8 atom stereocenters. The third-order valence-electron chi connectivity index (χ3n) is 10.1. The molecule has 4 rings (SSSR count). The first-order chi connectivity index (χ1) is 13.8. The molecule has 0 spiro atoms. The fraction of sp³-hybridized carbons (Fsp3) is 0.800. The Morgan fingerprint density at radius 3 is 2.43 bits per heavy atom. The minimum absolute atomic E-state index is 0.0307. The smallest absolute Gasteiger partial charge is 0.161 e. The van der Waals surface area contributed by atoms with Crippen LogP contribution in [0.25, 0.3) is 0 Å². The van der Waals surface area contributed by atoms with E-state index in [-0.39, 0.29) is 58.3 Å². The maximum Gasteiger partial charge on any atom is 0.161 e. The lowest BCUT2D eigenvalue weighted by Gasteiger charge is -2.67. The van der Waals surface area contributed by atoms with Crippen LogP contribution >= 0.6 is 0 Å². The topological polar surface area (TPSA) is 91.7 Å². The van der Waals surface area contributed by atoms with Gasteiger partial charge in [0.15, 0.2) is 11.6 Å². The van der Waals surface area contributed by atoms with E-state index in [2.05, 4.69) is 26.8 Å². The van der Waals surface area contributed by atoms with E-state index in [1.807, 2.05) is 13.8 Å². The number of aliphatic hydroxyl groups is 2. The normalized spacial score (nSPS) is 49.4. The van der Waals surface area contributed by atoms with Gasteiger partial charge in [0.2, 0.25) is 0 Å². The van der Waals surface area contributed by atoms with Crippen LogP contribution in [0.5, 0.6) is 0 Å². The second-order valence-corrected chi connectivity index (χ2v) is 11.8. The molecule has 5 heteroatoms. The number of rotatable bonds is 3. The zero-order valence-corrected chi connectivity index (χ0v) is 18.9. The Bertz CT molecular complexity index is 827. The number of fused-ring (bicyclic) bond motifs is 5. The van der Waals surface area contributed by atoms with Gasteiger partial charge >= 0.3 is 0 Å². The molecule has 3 saturated carbocycles. The predicted molar refractivity (Wildman–Crippen MR) is 112 cm³/mol. The minimum Gasteiger partial charge on any atom is -0.393 e. The monoisotopic (exact) mass is 416 g/mol. The number of ketones is 3. The van der Waals surface area contributed by atoms with E-state index in [9.17, 15) is 24.6 Å². The Labute approximate surface area is 179 Å². The van der Waals surface area contributed by atoms with Gasteiger partial charge in [0.1, 0.15) is 12.4 Å². The van der Waals surface area contributed by atoms with Crippen LogP contribution in [0.15, 0.2) is 12.2 Å². The summed E-state index contributed by atoms with van der Waals surface area (Å²) in [7, 11) is 0. The maximum absolute atomic E-state index is 13.4. The van der Waals surface area contributed by atoms with Crippen molar-refractivity contribution in [2.75, 3.05) is 6.61 Å². The average molecular weight is 417 g/mol. The first kappa shape index (κ1) is 21.9. The van der Waals surface area contributed by atoms with Crippen LogP contribution in [0.1, 0.15) is 66.7 Å². The Hall–Kier alpha value is -1.33. The quantitative estimate of drug-likeness (QED) is 0.738. The fourth-order valence-corrected chi connectivity index (χ4v) is 8.54. The van der Waals surface area contributed by atoms with Crippen LogP contribution in [0.3, 0.4) is 0 Å². The van der Waals surface area contributed by atoms with Crippen molar-refractivity contribution in [1.82, 2.24) is 0 Å². The molecule has 0 bridgehead atoms. The van der Waals surface area contributed by atoms with E-state index in [1.165, 1.54) is 0 Å². The van der Waals surface area contributed by atoms with Gasteiger partial charge in [-0.2, -0.15) is 0 Å². The first-order valence-electron chi connectivity index (χ1n) is 11.4. The average Bonchev–Trinajstić information content (AvgIpc) is 2.92. The Kier molecular flexibility index (Phi) is 4.80. The molecule has 0 saturated heterocycles. The summed E-state index contributed by atoms with van der Waals surface area (Å²) in [6, 6.07) is 0. The number of hydrogen-bond donors (Lipinski definition) is 2. The highest BCUT2D eigenvalue weighted by atomic mass is 16.3. The molecular formula is C25H36O5. The van der Waals surface area contributed by atoms with Gasteiger partial charge in [0.05, 0.1) is 6.10 Å². The molecule has 3 fully saturated rings. The van der Waals surface area contributed by atoms with Crippen molar-refractivity contribution in [3.63, 3.8) is 0 Å². The predicted octanol–water partition coefficient (Wildman–Crippen LogP) is 3.12. The molecule has 0 aromatic carbocycles. The van der Waals surface area contributed by atoms with Crippen molar-refractivity contribution in [1.29, 1.82) is 0 Å². The largest absolute Gasteiger partial charge is 0.393 e. The Morgan fingerprint density at radius 2 is 1.80 bits per heavy atom. The van der Waals surface area contributed by atoms with E-state index in [0.29, 0.717) is 12.8 Å². The molecule has 166 valence electrons. The minimum atomic E-state index is -0.667. The van der Waals surface area contributed by atoms with Gasteiger partial charge in [-0.3, -0.25) is 14.4 Å². The van der Waals surface area contributed by atoms with E-state index in [4.69, 9.17) is 0 Å². The highest BCUT2D eigenvalue weighted by Gasteiger charge is 2.71. The summed E-state index contributed by atoms with van der Waals surface area (Å²) in [6.45, 7) is 9.90. The molecule has 4 aliphatic carbocycles. The Balaban J connectivity index is 1.79. The van der Waals surface area contributed by atoms with E-state index < -0.39 is 23.5 Å². The summed E-state index contributed by atoms with van der Waals surface area (Å²) in [5.74, 6) is -0.210. The van der Waals surface area contributed by atoms with Crippen molar-refractivity contribution in [3.8, 4) is 0 Å². The van der Waals surface area contributed by atoms with Crippen molar-refractivity contribution < 1.29 is 24.6 Å². The molecule has 4 aliphatic rings. The van der Waals surface area contributed by atoms with Crippen molar-refractivity contribution >= 4 is 17.3 Å². The summed E-state index contributed by atoms with van der Waals surface area (Å²) in [4.78, 5) is 38.0. The zero-order valence-electron chi connectivity index (χ0n) is 18.9. The van der Waals surface area contributed by atoms with Gasteiger partial charge in [0.25, 0.3) is 0 Å². The standard InChI is InChI=1S/C25H36O5/c1-22(2)18-12-20(30)25(5)17(24(18,4)9-7-19(22)29)6-8-23(3)14(10-15(27)13-26)11-16(28)21(23)25/h7,9,14,17-18,20-21,26,30H,6,8,10-13H2,1-5H3/t14-,17?,18?,20-,21?,23+,24-,25+/m1/s1. The second kappa shape index (κ2) is 6.59. The number of Topliss-reactive ketones (excluding diaryl/α,β-unsaturated/α-hetero) is 2. The van der Waals surface area contributed by atoms with Gasteiger partial charge < -0.3 is 10.2 Å². The van der Waals surface area contributed by atoms with Crippen molar-refractivity contribution in [2.45, 2.75) is 72.8 Å². The van der Waals surface area contributed by atoms with Crippen molar-refractivity contribution in [3.05, 3.63) is 12.2 Å². The lowest BCUT2D eigenvalue weighted by Crippen LogP contribution is -2.66. The van der Waals surface area contributed by atoms with Gasteiger partial charge in [-0.15, -0.1) is 0 Å². The summed E-state index contributed by atoms with van der Waals surface area (Å²) >= 11 is 0. The summed E-state index contributed by atoms with van der Waals surface area (Å²) in [5.41, 5.74) is -1.73. The van der Waals surface area contributed by atoms with Gasteiger partial charge in [-0.1, -0.05) is 40.7 Å². The van der Waals surface area contributed by atoms with Crippen molar-refractivity contribution in [2.24, 2.45) is 45.3 Å². The lowest BCUT2D eigenvalue weighted by molar-refractivity contribution is -0.211. The molecule has 0 amide bonds. The van der Waals surface area contributed by atoms with Crippen LogP contribution in [-0.2, 0) is 14.4 Å². The number of carbonyl (C=O) groups excluding carboxylic acids is 3. The molecular weight excluding hydrogens is 380 g/mol. The molecule has 0 aromatic heterocycles. The molecule has 0 aromatic rings. The molecule has 5 nitrogen and oxygen atoms in total.